The molecule has 3 amide bonds. The smallest absolute Gasteiger partial charge is 0.255 e. The summed E-state index contributed by atoms with van der Waals surface area (Å²) in [6.45, 7) is 9.30. The molecule has 1 fully saturated rings. The molecule has 1 atom stereocenters. The van der Waals surface area contributed by atoms with Crippen LogP contribution >= 0.6 is 0 Å². The lowest BCUT2D eigenvalue weighted by atomic mass is 10.1. The van der Waals surface area contributed by atoms with E-state index in [0.717, 1.165) is 45.3 Å². The van der Waals surface area contributed by atoms with Crippen molar-refractivity contribution in [3.63, 3.8) is 0 Å². The molecule has 2 heterocycles. The summed E-state index contributed by atoms with van der Waals surface area (Å²) in [5, 5.41) is 2.91. The Hall–Kier alpha value is -2.65. The van der Waals surface area contributed by atoms with Gasteiger partial charge in [-0.15, -0.1) is 0 Å². The molecule has 9 heteroatoms. The van der Waals surface area contributed by atoms with Gasteiger partial charge in [0, 0.05) is 46.3 Å². The van der Waals surface area contributed by atoms with Gasteiger partial charge in [-0.3, -0.25) is 19.3 Å². The molecule has 0 bridgehead atoms. The molecule has 0 unspecified atom stereocenters. The lowest BCUT2D eigenvalue weighted by molar-refractivity contribution is -0.139. The Bertz CT molecular complexity index is 948. The summed E-state index contributed by atoms with van der Waals surface area (Å²) in [7, 11) is 1.79. The lowest BCUT2D eigenvalue weighted by Gasteiger charge is -2.36. The van der Waals surface area contributed by atoms with Crippen LogP contribution in [0.5, 0.6) is 5.75 Å². The van der Waals surface area contributed by atoms with Gasteiger partial charge in [-0.05, 0) is 38.8 Å². The molecule has 2 aliphatic heterocycles. The Labute approximate surface area is 246 Å². The van der Waals surface area contributed by atoms with E-state index < -0.39 is 11.9 Å². The second-order valence-electron chi connectivity index (χ2n) is 11.7. The molecule has 2 aliphatic rings. The van der Waals surface area contributed by atoms with Gasteiger partial charge in [0.25, 0.3) is 5.91 Å². The fourth-order valence-electron chi connectivity index (χ4n) is 5.37. The zero-order valence-electron chi connectivity index (χ0n) is 25.6. The fraction of sp³-hybridized carbons (Fsp3) is 0.719. The van der Waals surface area contributed by atoms with Crippen LogP contribution in [-0.4, -0.2) is 104 Å². The molecule has 1 aromatic rings. The number of para-hydroxylation sites is 1. The first-order valence-corrected chi connectivity index (χ1v) is 15.7. The molecule has 230 valence electrons. The van der Waals surface area contributed by atoms with Gasteiger partial charge < -0.3 is 24.6 Å². The monoisotopic (exact) mass is 572 g/mol. The number of nitrogens with one attached hydrogen (secondary N) is 1. The third kappa shape index (κ3) is 11.6. The summed E-state index contributed by atoms with van der Waals surface area (Å²) < 4.78 is 11.7. The first-order valence-electron chi connectivity index (χ1n) is 15.7. The van der Waals surface area contributed by atoms with Crippen molar-refractivity contribution in [3.8, 4) is 5.75 Å². The molecule has 0 aromatic heterocycles. The van der Waals surface area contributed by atoms with Crippen LogP contribution < -0.4 is 10.1 Å². The Kier molecular flexibility index (Phi) is 14.4. The van der Waals surface area contributed by atoms with E-state index in [4.69, 9.17) is 9.47 Å². The van der Waals surface area contributed by atoms with Crippen LogP contribution in [0, 0.1) is 0 Å². The first kappa shape index (κ1) is 32.9. The van der Waals surface area contributed by atoms with Crippen LogP contribution in [0.4, 0.5) is 0 Å². The van der Waals surface area contributed by atoms with Gasteiger partial charge in [-0.25, -0.2) is 0 Å². The Morgan fingerprint density at radius 1 is 0.927 bits per heavy atom. The minimum Gasteiger partial charge on any atom is -0.493 e. The number of nitrogens with zero attached hydrogens (tertiary/aromatic N) is 3. The van der Waals surface area contributed by atoms with Crippen molar-refractivity contribution in [1.82, 2.24) is 20.0 Å². The van der Waals surface area contributed by atoms with E-state index in [0.29, 0.717) is 44.2 Å². The first-order chi connectivity index (χ1) is 19.8. The number of carbonyl (C=O) groups excluding carboxylic acids is 3. The summed E-state index contributed by atoms with van der Waals surface area (Å²) in [4.78, 5) is 46.2. The zero-order chi connectivity index (χ0) is 29.5. The number of fused-ring (bicyclic) bond motifs is 1. The highest BCUT2D eigenvalue weighted by molar-refractivity contribution is 6.00. The van der Waals surface area contributed by atoms with E-state index in [1.807, 2.05) is 19.9 Å². The van der Waals surface area contributed by atoms with Crippen LogP contribution in [0.2, 0.25) is 0 Å². The number of piperazine rings is 1. The molecule has 0 spiro atoms. The summed E-state index contributed by atoms with van der Waals surface area (Å²) >= 11 is 0. The van der Waals surface area contributed by atoms with Crippen molar-refractivity contribution in [2.24, 2.45) is 0 Å². The maximum Gasteiger partial charge on any atom is 0.255 e. The highest BCUT2D eigenvalue weighted by Gasteiger charge is 2.32. The van der Waals surface area contributed by atoms with Crippen molar-refractivity contribution in [3.05, 3.63) is 29.8 Å². The van der Waals surface area contributed by atoms with E-state index in [1.54, 1.807) is 35.0 Å². The molecule has 41 heavy (non-hydrogen) atoms. The van der Waals surface area contributed by atoms with E-state index in [-0.39, 0.29) is 24.3 Å². The van der Waals surface area contributed by atoms with Crippen molar-refractivity contribution in [2.75, 3.05) is 59.5 Å². The summed E-state index contributed by atoms with van der Waals surface area (Å²) in [6.07, 6.45) is 10.3. The number of hydrogen-bond acceptors (Lipinski definition) is 6. The number of benzene rings is 1. The summed E-state index contributed by atoms with van der Waals surface area (Å²) in [5.41, 5.74) is 0.385. The largest absolute Gasteiger partial charge is 0.493 e. The quantitative estimate of drug-likeness (QED) is 0.571. The molecular formula is C32H52N4O5. The normalized spacial score (nSPS) is 21.6. The molecule has 0 aliphatic carbocycles. The average molecular weight is 573 g/mol. The van der Waals surface area contributed by atoms with Gasteiger partial charge in [0.05, 0.1) is 31.3 Å². The van der Waals surface area contributed by atoms with Gasteiger partial charge in [0.1, 0.15) is 11.8 Å². The molecule has 1 N–H and O–H groups in total. The van der Waals surface area contributed by atoms with E-state index in [2.05, 4.69) is 10.2 Å². The SMILES string of the molecule is CC(C)OCCN1CCN(C(=O)[C@@H]2CC(=O)N(C)CCCCCCCCCCCOc3ccccc3C(=O)N2)CC1. The van der Waals surface area contributed by atoms with Gasteiger partial charge >= 0.3 is 0 Å². The van der Waals surface area contributed by atoms with Gasteiger partial charge in [0.2, 0.25) is 11.8 Å². The predicted octanol–water partition coefficient (Wildman–Crippen LogP) is 4.11. The number of hydrogen-bond donors (Lipinski definition) is 1. The minimum absolute atomic E-state index is 0.0630. The number of rotatable bonds is 5. The third-order valence-corrected chi connectivity index (χ3v) is 7.98. The molecule has 1 aromatic carbocycles. The highest BCUT2D eigenvalue weighted by Crippen LogP contribution is 2.20. The van der Waals surface area contributed by atoms with E-state index in [1.165, 1.54) is 32.1 Å². The van der Waals surface area contributed by atoms with E-state index >= 15 is 0 Å². The van der Waals surface area contributed by atoms with Crippen LogP contribution in [-0.2, 0) is 14.3 Å². The molecule has 9 nitrogen and oxygen atoms in total. The van der Waals surface area contributed by atoms with Crippen molar-refractivity contribution in [2.45, 2.75) is 90.2 Å². The van der Waals surface area contributed by atoms with Crippen LogP contribution in [0.15, 0.2) is 24.3 Å². The number of amides is 3. The second-order valence-corrected chi connectivity index (χ2v) is 11.7. The Balaban J connectivity index is 1.70. The molecule has 0 saturated carbocycles. The van der Waals surface area contributed by atoms with Gasteiger partial charge in [0.15, 0.2) is 0 Å². The van der Waals surface area contributed by atoms with Gasteiger partial charge in [-0.1, -0.05) is 57.1 Å². The predicted molar refractivity (Wildman–Crippen MR) is 161 cm³/mol. The second kappa shape index (κ2) is 18.0. The van der Waals surface area contributed by atoms with Crippen LogP contribution in [0.1, 0.15) is 88.4 Å². The third-order valence-electron chi connectivity index (χ3n) is 7.98. The lowest BCUT2D eigenvalue weighted by Crippen LogP contribution is -2.56. The Morgan fingerprint density at radius 2 is 1.56 bits per heavy atom. The molecule has 1 saturated heterocycles. The topological polar surface area (TPSA) is 91.4 Å². The van der Waals surface area contributed by atoms with Crippen LogP contribution in [0.3, 0.4) is 0 Å². The molecular weight excluding hydrogens is 520 g/mol. The standard InChI is InChI=1S/C32H52N4O5/c1-26(2)40-24-22-35-18-20-36(21-19-35)32(39)28-25-30(37)34(3)17-13-9-7-5-4-6-8-10-14-23-41-29-16-12-11-15-27(29)31(38)33-28/h11-12,15-16,26,28H,4-10,13-14,17-25H2,1-3H3,(H,33,38)/t28-/m0/s1. The van der Waals surface area contributed by atoms with Gasteiger partial charge in [-0.2, -0.15) is 0 Å². The van der Waals surface area contributed by atoms with E-state index in [9.17, 15) is 14.4 Å². The average Bonchev–Trinajstić information content (AvgIpc) is 2.96. The van der Waals surface area contributed by atoms with Crippen molar-refractivity contribution in [1.29, 1.82) is 0 Å². The minimum atomic E-state index is -0.938. The Morgan fingerprint density at radius 3 is 2.24 bits per heavy atom. The maximum absolute atomic E-state index is 13.7. The number of ether oxygens (including phenoxy) is 2. The molecule has 3 rings (SSSR count). The maximum atomic E-state index is 13.7. The van der Waals surface area contributed by atoms with Crippen molar-refractivity contribution >= 4 is 17.7 Å². The van der Waals surface area contributed by atoms with Crippen molar-refractivity contribution < 1.29 is 23.9 Å². The molecule has 0 radical (unpaired) electrons. The zero-order valence-corrected chi connectivity index (χ0v) is 25.6. The number of carbonyl (C=O) groups is 3. The van der Waals surface area contributed by atoms with Crippen LogP contribution in [0.25, 0.3) is 0 Å². The highest BCUT2D eigenvalue weighted by atomic mass is 16.5. The fourth-order valence-corrected chi connectivity index (χ4v) is 5.37. The summed E-state index contributed by atoms with van der Waals surface area (Å²) in [6, 6.07) is 6.20. The summed E-state index contributed by atoms with van der Waals surface area (Å²) in [5.74, 6) is -0.231.